The zero-order valence-corrected chi connectivity index (χ0v) is 13.3. The lowest BCUT2D eigenvalue weighted by molar-refractivity contribution is 0.0138. The van der Waals surface area contributed by atoms with E-state index in [1.807, 2.05) is 22.6 Å². The SMILES string of the molecule is O=C(NCC1CN2CCN1CC2)c1ccc(F)cc1I. The van der Waals surface area contributed by atoms with Crippen molar-refractivity contribution in [2.45, 2.75) is 6.04 Å². The van der Waals surface area contributed by atoms with Gasteiger partial charge in [0, 0.05) is 48.9 Å². The maximum Gasteiger partial charge on any atom is 0.252 e. The molecule has 4 nitrogen and oxygen atoms in total. The van der Waals surface area contributed by atoms with Crippen molar-refractivity contribution in [3.63, 3.8) is 0 Å². The smallest absolute Gasteiger partial charge is 0.252 e. The molecule has 0 aromatic heterocycles. The van der Waals surface area contributed by atoms with Gasteiger partial charge in [0.2, 0.25) is 0 Å². The lowest BCUT2D eigenvalue weighted by Crippen LogP contribution is -2.63. The molecule has 3 aliphatic rings. The van der Waals surface area contributed by atoms with Gasteiger partial charge in [0.1, 0.15) is 5.82 Å². The first-order valence-corrected chi connectivity index (χ1v) is 7.91. The van der Waals surface area contributed by atoms with Crippen LogP contribution in [0.2, 0.25) is 0 Å². The Morgan fingerprint density at radius 1 is 1.35 bits per heavy atom. The summed E-state index contributed by atoms with van der Waals surface area (Å²) in [7, 11) is 0. The van der Waals surface area contributed by atoms with E-state index in [0.29, 0.717) is 21.7 Å². The van der Waals surface area contributed by atoms with Crippen LogP contribution in [-0.4, -0.2) is 61.0 Å². The molecule has 1 aromatic carbocycles. The van der Waals surface area contributed by atoms with Gasteiger partial charge < -0.3 is 5.32 Å². The quantitative estimate of drug-likeness (QED) is 0.789. The second-order valence-electron chi connectivity index (χ2n) is 5.32. The highest BCUT2D eigenvalue weighted by molar-refractivity contribution is 14.1. The Balaban J connectivity index is 1.59. The van der Waals surface area contributed by atoms with Gasteiger partial charge in [-0.2, -0.15) is 0 Å². The average Bonchev–Trinajstić information content (AvgIpc) is 2.46. The second-order valence-corrected chi connectivity index (χ2v) is 6.49. The lowest BCUT2D eigenvalue weighted by atomic mass is 10.1. The molecule has 3 saturated heterocycles. The van der Waals surface area contributed by atoms with Gasteiger partial charge in [-0.15, -0.1) is 0 Å². The summed E-state index contributed by atoms with van der Waals surface area (Å²) >= 11 is 1.99. The van der Waals surface area contributed by atoms with E-state index in [4.69, 9.17) is 0 Å². The van der Waals surface area contributed by atoms with Crippen molar-refractivity contribution >= 4 is 28.5 Å². The van der Waals surface area contributed by atoms with E-state index >= 15 is 0 Å². The number of hydrogen-bond acceptors (Lipinski definition) is 3. The first-order chi connectivity index (χ1) is 9.63. The molecule has 0 radical (unpaired) electrons. The molecule has 1 unspecified atom stereocenters. The van der Waals surface area contributed by atoms with Gasteiger partial charge in [0.05, 0.1) is 5.56 Å². The van der Waals surface area contributed by atoms with Crippen LogP contribution < -0.4 is 5.32 Å². The molecule has 2 bridgehead atoms. The molecule has 0 aliphatic carbocycles. The van der Waals surface area contributed by atoms with E-state index in [0.717, 1.165) is 32.7 Å². The molecule has 3 fully saturated rings. The number of amides is 1. The van der Waals surface area contributed by atoms with Gasteiger partial charge in [-0.05, 0) is 40.8 Å². The van der Waals surface area contributed by atoms with Crippen LogP contribution in [-0.2, 0) is 0 Å². The second kappa shape index (κ2) is 5.95. The monoisotopic (exact) mass is 389 g/mol. The van der Waals surface area contributed by atoms with Crippen LogP contribution in [0.1, 0.15) is 10.4 Å². The van der Waals surface area contributed by atoms with Gasteiger partial charge >= 0.3 is 0 Å². The summed E-state index contributed by atoms with van der Waals surface area (Å²) in [5.74, 6) is -0.429. The normalized spacial score (nSPS) is 28.4. The highest BCUT2D eigenvalue weighted by Gasteiger charge is 2.31. The molecule has 1 amide bonds. The predicted octanol–water partition coefficient (Wildman–Crippen LogP) is 1.16. The average molecular weight is 389 g/mol. The first kappa shape index (κ1) is 14.2. The summed E-state index contributed by atoms with van der Waals surface area (Å²) in [5, 5.41) is 2.98. The molecule has 0 spiro atoms. The van der Waals surface area contributed by atoms with Crippen molar-refractivity contribution in [3.05, 3.63) is 33.1 Å². The minimum Gasteiger partial charge on any atom is -0.350 e. The third-order valence-electron chi connectivity index (χ3n) is 4.07. The van der Waals surface area contributed by atoms with Crippen molar-refractivity contribution in [2.24, 2.45) is 0 Å². The van der Waals surface area contributed by atoms with Gasteiger partial charge in [0.15, 0.2) is 0 Å². The molecule has 0 saturated carbocycles. The minimum atomic E-state index is -0.311. The van der Waals surface area contributed by atoms with Crippen molar-refractivity contribution in [3.8, 4) is 0 Å². The molecule has 3 heterocycles. The molecule has 3 aliphatic heterocycles. The zero-order valence-electron chi connectivity index (χ0n) is 11.1. The number of nitrogens with zero attached hydrogens (tertiary/aromatic N) is 2. The predicted molar refractivity (Wildman–Crippen MR) is 83.3 cm³/mol. The Kier molecular flexibility index (Phi) is 4.23. The Bertz CT molecular complexity index is 517. The number of piperazine rings is 3. The molecule has 1 atom stereocenters. The fraction of sp³-hybridized carbons (Fsp3) is 0.500. The van der Waals surface area contributed by atoms with E-state index < -0.39 is 0 Å². The molecule has 20 heavy (non-hydrogen) atoms. The number of nitrogens with one attached hydrogen (secondary N) is 1. The Hall–Kier alpha value is -0.730. The first-order valence-electron chi connectivity index (χ1n) is 6.83. The number of benzene rings is 1. The number of fused-ring (bicyclic) bond motifs is 3. The van der Waals surface area contributed by atoms with Crippen LogP contribution >= 0.6 is 22.6 Å². The van der Waals surface area contributed by atoms with Gasteiger partial charge in [0.25, 0.3) is 5.91 Å². The van der Waals surface area contributed by atoms with E-state index in [2.05, 4.69) is 15.1 Å². The number of rotatable bonds is 3. The third-order valence-corrected chi connectivity index (χ3v) is 4.96. The van der Waals surface area contributed by atoms with Crippen LogP contribution in [0.15, 0.2) is 18.2 Å². The van der Waals surface area contributed by atoms with Gasteiger partial charge in [-0.25, -0.2) is 4.39 Å². The van der Waals surface area contributed by atoms with Crippen LogP contribution in [0.3, 0.4) is 0 Å². The maximum atomic E-state index is 13.0. The van der Waals surface area contributed by atoms with Crippen LogP contribution in [0.4, 0.5) is 4.39 Å². The summed E-state index contributed by atoms with van der Waals surface area (Å²) in [6, 6.07) is 4.66. The largest absolute Gasteiger partial charge is 0.350 e. The number of hydrogen-bond donors (Lipinski definition) is 1. The molecule has 1 N–H and O–H groups in total. The van der Waals surface area contributed by atoms with Gasteiger partial charge in [-0.3, -0.25) is 14.6 Å². The third kappa shape index (κ3) is 2.96. The summed E-state index contributed by atoms with van der Waals surface area (Å²) in [4.78, 5) is 17.0. The molecular weight excluding hydrogens is 372 g/mol. The fourth-order valence-corrected chi connectivity index (χ4v) is 3.62. The summed E-state index contributed by atoms with van der Waals surface area (Å²) in [5.41, 5.74) is 0.545. The van der Waals surface area contributed by atoms with E-state index in [1.54, 1.807) is 6.07 Å². The summed E-state index contributed by atoms with van der Waals surface area (Å²) < 4.78 is 13.7. The standard InChI is InChI=1S/C14H17FIN3O/c15-10-1-2-12(13(16)7-10)14(20)17-8-11-9-18-3-5-19(11)6-4-18/h1-2,7,11H,3-6,8-9H2,(H,17,20). The topological polar surface area (TPSA) is 35.6 Å². The van der Waals surface area contributed by atoms with Crippen molar-refractivity contribution in [1.29, 1.82) is 0 Å². The molecule has 4 rings (SSSR count). The highest BCUT2D eigenvalue weighted by Crippen LogP contribution is 2.16. The summed E-state index contributed by atoms with van der Waals surface area (Å²) in [6.07, 6.45) is 0. The highest BCUT2D eigenvalue weighted by atomic mass is 127. The Morgan fingerprint density at radius 3 is 2.70 bits per heavy atom. The van der Waals surface area contributed by atoms with Crippen molar-refractivity contribution in [1.82, 2.24) is 15.1 Å². The van der Waals surface area contributed by atoms with Crippen LogP contribution in [0.25, 0.3) is 0 Å². The lowest BCUT2D eigenvalue weighted by Gasteiger charge is -2.47. The maximum absolute atomic E-state index is 13.0. The molecule has 6 heteroatoms. The minimum absolute atomic E-state index is 0.118. The van der Waals surface area contributed by atoms with E-state index in [9.17, 15) is 9.18 Å². The summed E-state index contributed by atoms with van der Waals surface area (Å²) in [6.45, 7) is 6.15. The zero-order chi connectivity index (χ0) is 14.1. The molecule has 108 valence electrons. The van der Waals surface area contributed by atoms with Crippen molar-refractivity contribution < 1.29 is 9.18 Å². The van der Waals surface area contributed by atoms with E-state index in [-0.39, 0.29) is 11.7 Å². The van der Waals surface area contributed by atoms with E-state index in [1.165, 1.54) is 12.1 Å². The fourth-order valence-electron chi connectivity index (χ4n) is 2.90. The van der Waals surface area contributed by atoms with Crippen LogP contribution in [0, 0.1) is 9.39 Å². The number of halogens is 2. The van der Waals surface area contributed by atoms with Gasteiger partial charge in [-0.1, -0.05) is 0 Å². The molecule has 1 aromatic rings. The Labute approximate surface area is 131 Å². The number of carbonyl (C=O) groups is 1. The molecular formula is C14H17FIN3O. The number of carbonyl (C=O) groups excluding carboxylic acids is 1. The Morgan fingerprint density at radius 2 is 2.10 bits per heavy atom. The van der Waals surface area contributed by atoms with Crippen LogP contribution in [0.5, 0.6) is 0 Å². The van der Waals surface area contributed by atoms with Crippen molar-refractivity contribution in [2.75, 3.05) is 39.3 Å².